The van der Waals surface area contributed by atoms with Gasteiger partial charge in [0.25, 0.3) is 0 Å². The molecule has 0 aromatic heterocycles. The van der Waals surface area contributed by atoms with Crippen molar-refractivity contribution in [1.82, 2.24) is 5.32 Å². The van der Waals surface area contributed by atoms with E-state index in [2.05, 4.69) is 10.1 Å². The zero-order chi connectivity index (χ0) is 13.6. The number of methoxy groups -OCH3 is 1. The van der Waals surface area contributed by atoms with Crippen molar-refractivity contribution in [3.8, 4) is 0 Å². The molecule has 0 atom stereocenters. The lowest BCUT2D eigenvalue weighted by molar-refractivity contribution is -0.140. The molecule has 0 saturated heterocycles. The first kappa shape index (κ1) is 16.5. The molecule has 5 heteroatoms. The van der Waals surface area contributed by atoms with Crippen LogP contribution < -0.4 is 5.32 Å². The highest BCUT2D eigenvalue weighted by Crippen LogP contribution is 2.07. The fourth-order valence-corrected chi connectivity index (χ4v) is 1.51. The van der Waals surface area contributed by atoms with E-state index in [9.17, 15) is 9.59 Å². The summed E-state index contributed by atoms with van der Waals surface area (Å²) in [6, 6.07) is 0. The average molecular weight is 257 g/mol. The highest BCUT2D eigenvalue weighted by molar-refractivity contribution is 5.68. The summed E-state index contributed by atoms with van der Waals surface area (Å²) < 4.78 is 4.55. The van der Waals surface area contributed by atoms with Crippen molar-refractivity contribution in [2.75, 3.05) is 13.7 Å². The molecule has 0 aromatic rings. The molecule has 0 aliphatic rings. The Morgan fingerprint density at radius 2 is 1.78 bits per heavy atom. The van der Waals surface area contributed by atoms with Crippen LogP contribution in [0.25, 0.3) is 0 Å². The smallest absolute Gasteiger partial charge is 0.404 e. The molecule has 2 N–H and O–H groups in total. The van der Waals surface area contributed by atoms with Gasteiger partial charge in [0.2, 0.25) is 0 Å². The van der Waals surface area contributed by atoms with Crippen LogP contribution in [-0.4, -0.2) is 30.8 Å². The van der Waals surface area contributed by atoms with Crippen molar-refractivity contribution in [3.63, 3.8) is 0 Å². The standard InChI is InChI=1S/C13H23NO4/c1-18-12(15)10-8-6-4-2-3-5-7-9-11-14-13(16)17/h7,9,14H,2-6,8,10-11H2,1H3,(H,16,17). The van der Waals surface area contributed by atoms with Crippen LogP contribution in [0, 0.1) is 0 Å². The SMILES string of the molecule is COC(=O)CCCCCCCC=CCNC(=O)O. The molecule has 0 saturated carbocycles. The quantitative estimate of drug-likeness (QED) is 0.358. The fourth-order valence-electron chi connectivity index (χ4n) is 1.51. The molecule has 0 fully saturated rings. The van der Waals surface area contributed by atoms with Gasteiger partial charge in [0.15, 0.2) is 0 Å². The summed E-state index contributed by atoms with van der Waals surface area (Å²) in [5, 5.41) is 10.6. The largest absolute Gasteiger partial charge is 0.469 e. The highest BCUT2D eigenvalue weighted by atomic mass is 16.5. The Morgan fingerprint density at radius 1 is 1.11 bits per heavy atom. The van der Waals surface area contributed by atoms with Crippen LogP contribution in [0.1, 0.15) is 44.9 Å². The number of hydrogen-bond acceptors (Lipinski definition) is 3. The van der Waals surface area contributed by atoms with Gasteiger partial charge in [0.1, 0.15) is 0 Å². The second-order valence-corrected chi connectivity index (χ2v) is 4.04. The Hall–Kier alpha value is -1.52. The van der Waals surface area contributed by atoms with Crippen molar-refractivity contribution < 1.29 is 19.4 Å². The number of carbonyl (C=O) groups excluding carboxylic acids is 1. The predicted octanol–water partition coefficient (Wildman–Crippen LogP) is 2.71. The van der Waals surface area contributed by atoms with Crippen molar-refractivity contribution >= 4 is 12.1 Å². The zero-order valence-corrected chi connectivity index (χ0v) is 11.0. The molecule has 0 aromatic carbocycles. The number of allylic oxidation sites excluding steroid dienone is 1. The van der Waals surface area contributed by atoms with Gasteiger partial charge in [-0.15, -0.1) is 0 Å². The minimum atomic E-state index is -0.995. The predicted molar refractivity (Wildman–Crippen MR) is 69.5 cm³/mol. The van der Waals surface area contributed by atoms with E-state index in [1.165, 1.54) is 7.11 Å². The molecule has 0 aliphatic carbocycles. The molecule has 0 spiro atoms. The van der Waals surface area contributed by atoms with E-state index in [0.29, 0.717) is 13.0 Å². The van der Waals surface area contributed by atoms with E-state index in [1.54, 1.807) is 0 Å². The van der Waals surface area contributed by atoms with Crippen LogP contribution in [0.15, 0.2) is 12.2 Å². The first-order valence-electron chi connectivity index (χ1n) is 6.35. The second kappa shape index (κ2) is 12.0. The molecule has 0 unspecified atom stereocenters. The Morgan fingerprint density at radius 3 is 2.44 bits per heavy atom. The number of hydrogen-bond donors (Lipinski definition) is 2. The minimum absolute atomic E-state index is 0.135. The van der Waals surface area contributed by atoms with Crippen LogP contribution in [-0.2, 0) is 9.53 Å². The van der Waals surface area contributed by atoms with Gasteiger partial charge in [-0.25, -0.2) is 4.79 Å². The Bertz CT molecular complexity index is 264. The number of ether oxygens (including phenoxy) is 1. The molecule has 0 heterocycles. The van der Waals surface area contributed by atoms with E-state index in [0.717, 1.165) is 38.5 Å². The third-order valence-electron chi connectivity index (χ3n) is 2.52. The van der Waals surface area contributed by atoms with Crippen LogP contribution in [0.2, 0.25) is 0 Å². The van der Waals surface area contributed by atoms with Gasteiger partial charge in [-0.3, -0.25) is 4.79 Å². The lowest BCUT2D eigenvalue weighted by atomic mass is 10.1. The van der Waals surface area contributed by atoms with Gasteiger partial charge in [-0.2, -0.15) is 0 Å². The van der Waals surface area contributed by atoms with Crippen molar-refractivity contribution in [1.29, 1.82) is 0 Å². The molecule has 1 amide bonds. The van der Waals surface area contributed by atoms with E-state index in [-0.39, 0.29) is 5.97 Å². The first-order valence-corrected chi connectivity index (χ1v) is 6.35. The number of unbranched alkanes of at least 4 members (excludes halogenated alkanes) is 5. The fraction of sp³-hybridized carbons (Fsp3) is 0.692. The second-order valence-electron chi connectivity index (χ2n) is 4.04. The molecule has 18 heavy (non-hydrogen) atoms. The lowest BCUT2D eigenvalue weighted by Crippen LogP contribution is -2.20. The summed E-state index contributed by atoms with van der Waals surface area (Å²) >= 11 is 0. The van der Waals surface area contributed by atoms with E-state index >= 15 is 0 Å². The molecule has 0 bridgehead atoms. The number of nitrogens with one attached hydrogen (secondary N) is 1. The Balaban J connectivity index is 3.16. The molecular formula is C13H23NO4. The summed E-state index contributed by atoms with van der Waals surface area (Å²) in [5.41, 5.74) is 0. The van der Waals surface area contributed by atoms with Crippen molar-refractivity contribution in [3.05, 3.63) is 12.2 Å². The van der Waals surface area contributed by atoms with Gasteiger partial charge in [-0.05, 0) is 19.3 Å². The lowest BCUT2D eigenvalue weighted by Gasteiger charge is -2.00. The topological polar surface area (TPSA) is 75.6 Å². The Labute approximate surface area is 108 Å². The summed E-state index contributed by atoms with van der Waals surface area (Å²) in [5.74, 6) is -0.135. The monoisotopic (exact) mass is 257 g/mol. The maximum Gasteiger partial charge on any atom is 0.404 e. The van der Waals surface area contributed by atoms with Gasteiger partial charge < -0.3 is 15.2 Å². The van der Waals surface area contributed by atoms with Crippen LogP contribution in [0.3, 0.4) is 0 Å². The van der Waals surface area contributed by atoms with Gasteiger partial charge in [-0.1, -0.05) is 31.4 Å². The molecule has 104 valence electrons. The van der Waals surface area contributed by atoms with E-state index < -0.39 is 6.09 Å². The summed E-state index contributed by atoms with van der Waals surface area (Å²) in [6.45, 7) is 0.370. The van der Waals surface area contributed by atoms with Gasteiger partial charge >= 0.3 is 12.1 Å². The number of carbonyl (C=O) groups is 2. The van der Waals surface area contributed by atoms with E-state index in [1.807, 2.05) is 12.2 Å². The first-order chi connectivity index (χ1) is 8.66. The maximum atomic E-state index is 10.8. The number of amides is 1. The van der Waals surface area contributed by atoms with E-state index in [4.69, 9.17) is 5.11 Å². The number of esters is 1. The normalized spacial score (nSPS) is 10.5. The zero-order valence-electron chi connectivity index (χ0n) is 11.0. The van der Waals surface area contributed by atoms with Crippen LogP contribution in [0.4, 0.5) is 4.79 Å². The highest BCUT2D eigenvalue weighted by Gasteiger charge is 1.98. The third kappa shape index (κ3) is 12.5. The molecule has 0 radical (unpaired) electrons. The Kier molecular flexibility index (Phi) is 10.9. The van der Waals surface area contributed by atoms with Crippen molar-refractivity contribution in [2.24, 2.45) is 0 Å². The van der Waals surface area contributed by atoms with Crippen LogP contribution >= 0.6 is 0 Å². The molecular weight excluding hydrogens is 234 g/mol. The third-order valence-corrected chi connectivity index (χ3v) is 2.52. The van der Waals surface area contributed by atoms with Crippen LogP contribution in [0.5, 0.6) is 0 Å². The molecule has 0 aliphatic heterocycles. The number of carboxylic acid groups (broad SMARTS) is 1. The van der Waals surface area contributed by atoms with Gasteiger partial charge in [0, 0.05) is 13.0 Å². The van der Waals surface area contributed by atoms with Crippen molar-refractivity contribution in [2.45, 2.75) is 44.9 Å². The number of rotatable bonds is 10. The molecule has 5 nitrogen and oxygen atoms in total. The summed E-state index contributed by atoms with van der Waals surface area (Å²) in [4.78, 5) is 20.9. The minimum Gasteiger partial charge on any atom is -0.469 e. The molecule has 0 rings (SSSR count). The summed E-state index contributed by atoms with van der Waals surface area (Å²) in [7, 11) is 1.41. The van der Waals surface area contributed by atoms with Gasteiger partial charge in [0.05, 0.1) is 7.11 Å². The maximum absolute atomic E-state index is 10.8. The summed E-state index contributed by atoms with van der Waals surface area (Å²) in [6.07, 6.45) is 9.61. The average Bonchev–Trinajstić information content (AvgIpc) is 2.35.